The predicted octanol–water partition coefficient (Wildman–Crippen LogP) is -1.67. The van der Waals surface area contributed by atoms with Crippen LogP contribution in [-0.2, 0) is 16.6 Å². The second-order valence-corrected chi connectivity index (χ2v) is 3.51. The molecule has 1 unspecified atom stereocenters. The van der Waals surface area contributed by atoms with Crippen molar-refractivity contribution in [3.05, 3.63) is 18.0 Å². The fourth-order valence-corrected chi connectivity index (χ4v) is 1.23. The summed E-state index contributed by atoms with van der Waals surface area (Å²) < 4.78 is 1.41. The van der Waals surface area contributed by atoms with Gasteiger partial charge in [-0.05, 0) is 0 Å². The van der Waals surface area contributed by atoms with E-state index in [1.165, 1.54) is 17.1 Å². The molecule has 0 aliphatic rings. The molecule has 1 heterocycles. The minimum Gasteiger partial charge on any atom is -0.479 e. The number of primary amides is 1. The van der Waals surface area contributed by atoms with Crippen molar-refractivity contribution in [2.24, 2.45) is 12.8 Å². The van der Waals surface area contributed by atoms with E-state index in [4.69, 9.17) is 10.8 Å². The molecule has 1 aromatic heterocycles. The van der Waals surface area contributed by atoms with Crippen LogP contribution in [0.1, 0.15) is 11.6 Å². The van der Waals surface area contributed by atoms with E-state index in [1.54, 1.807) is 7.05 Å². The molecule has 0 spiro atoms. The first-order valence-electron chi connectivity index (χ1n) is 4.94. The molecule has 0 saturated carbocycles. The van der Waals surface area contributed by atoms with Gasteiger partial charge in [0.05, 0.1) is 12.7 Å². The van der Waals surface area contributed by atoms with Crippen molar-refractivity contribution in [3.63, 3.8) is 0 Å². The molecule has 1 rings (SSSR count). The van der Waals surface area contributed by atoms with Crippen LogP contribution in [0.3, 0.4) is 0 Å². The Bertz CT molecular complexity index is 469. The first-order valence-corrected chi connectivity index (χ1v) is 4.94. The second kappa shape index (κ2) is 5.66. The van der Waals surface area contributed by atoms with Gasteiger partial charge in [0.25, 0.3) is 0 Å². The van der Waals surface area contributed by atoms with Crippen LogP contribution in [0, 0.1) is 0 Å². The molecule has 0 aromatic carbocycles. The normalized spacial score (nSPS) is 11.6. The molecule has 0 fully saturated rings. The van der Waals surface area contributed by atoms with Crippen molar-refractivity contribution in [2.75, 3.05) is 6.54 Å². The number of carbonyl (C=O) groups excluding carboxylic acids is 2. The van der Waals surface area contributed by atoms with Crippen LogP contribution in [0.25, 0.3) is 0 Å². The van der Waals surface area contributed by atoms with Gasteiger partial charge >= 0.3 is 12.0 Å². The van der Waals surface area contributed by atoms with E-state index >= 15 is 0 Å². The Labute approximate surface area is 102 Å². The summed E-state index contributed by atoms with van der Waals surface area (Å²) in [5.74, 6) is -1.96. The van der Waals surface area contributed by atoms with Crippen LogP contribution >= 0.6 is 0 Å². The highest BCUT2D eigenvalue weighted by molar-refractivity contribution is 5.86. The van der Waals surface area contributed by atoms with Crippen LogP contribution in [0.2, 0.25) is 0 Å². The zero-order valence-electron chi connectivity index (χ0n) is 9.58. The third-order valence-electron chi connectivity index (χ3n) is 2.00. The van der Waals surface area contributed by atoms with Gasteiger partial charge in [0.2, 0.25) is 5.91 Å². The lowest BCUT2D eigenvalue weighted by Crippen LogP contribution is -2.43. The zero-order valence-corrected chi connectivity index (χ0v) is 9.58. The Morgan fingerprint density at radius 1 is 1.56 bits per heavy atom. The van der Waals surface area contributed by atoms with Crippen molar-refractivity contribution in [3.8, 4) is 0 Å². The fraction of sp³-hybridized carbons (Fsp3) is 0.333. The van der Waals surface area contributed by atoms with E-state index in [0.717, 1.165) is 0 Å². The molecule has 18 heavy (non-hydrogen) atoms. The Balaban J connectivity index is 2.67. The maximum atomic E-state index is 11.3. The first-order chi connectivity index (χ1) is 8.40. The van der Waals surface area contributed by atoms with Crippen LogP contribution in [-0.4, -0.2) is 39.3 Å². The number of carbonyl (C=O) groups is 3. The van der Waals surface area contributed by atoms with Crippen molar-refractivity contribution in [1.29, 1.82) is 0 Å². The van der Waals surface area contributed by atoms with Gasteiger partial charge in [-0.2, -0.15) is 5.10 Å². The third-order valence-corrected chi connectivity index (χ3v) is 2.00. The molecule has 0 saturated heterocycles. The Kier molecular flexibility index (Phi) is 4.24. The molecule has 1 aromatic rings. The lowest BCUT2D eigenvalue weighted by Gasteiger charge is -2.13. The molecule has 9 heteroatoms. The zero-order chi connectivity index (χ0) is 13.7. The van der Waals surface area contributed by atoms with Crippen molar-refractivity contribution >= 4 is 17.9 Å². The minimum atomic E-state index is -1.24. The molecule has 9 nitrogen and oxygen atoms in total. The minimum absolute atomic E-state index is 0.319. The number of carboxylic acid groups (broad SMARTS) is 1. The summed E-state index contributed by atoms with van der Waals surface area (Å²) in [7, 11) is 1.62. The van der Waals surface area contributed by atoms with Crippen molar-refractivity contribution < 1.29 is 19.5 Å². The highest BCUT2D eigenvalue weighted by Gasteiger charge is 2.23. The van der Waals surface area contributed by atoms with Gasteiger partial charge in [-0.15, -0.1) is 0 Å². The molecule has 1 atom stereocenters. The average molecular weight is 255 g/mol. The largest absolute Gasteiger partial charge is 0.479 e. The van der Waals surface area contributed by atoms with Gasteiger partial charge in [0.1, 0.15) is 0 Å². The number of aliphatic carboxylic acids is 1. The number of nitrogens with zero attached hydrogens (tertiary/aromatic N) is 2. The highest BCUT2D eigenvalue weighted by Crippen LogP contribution is 2.11. The van der Waals surface area contributed by atoms with Gasteiger partial charge in [0, 0.05) is 18.8 Å². The molecular formula is C9H13N5O4. The highest BCUT2D eigenvalue weighted by atomic mass is 16.4. The van der Waals surface area contributed by atoms with Crippen LogP contribution in [0.4, 0.5) is 4.79 Å². The maximum absolute atomic E-state index is 11.3. The van der Waals surface area contributed by atoms with Crippen LogP contribution in [0.5, 0.6) is 0 Å². The monoisotopic (exact) mass is 255 g/mol. The Morgan fingerprint density at radius 3 is 2.67 bits per heavy atom. The molecule has 0 bridgehead atoms. The number of urea groups is 1. The number of hydrogen-bond acceptors (Lipinski definition) is 4. The van der Waals surface area contributed by atoms with E-state index < -0.39 is 23.9 Å². The molecule has 98 valence electrons. The number of aromatic nitrogens is 2. The van der Waals surface area contributed by atoms with E-state index in [0.29, 0.717) is 5.56 Å². The Hall–Kier alpha value is -2.58. The summed E-state index contributed by atoms with van der Waals surface area (Å²) in [6.45, 7) is -0.370. The molecule has 3 amide bonds. The van der Waals surface area contributed by atoms with E-state index in [9.17, 15) is 14.4 Å². The number of hydrogen-bond donors (Lipinski definition) is 4. The lowest BCUT2D eigenvalue weighted by atomic mass is 10.1. The number of rotatable bonds is 5. The standard InChI is InChI=1S/C9H13N5O4/c1-14-4-5(2-12-14)7(8(16)17)13-9(18)11-3-6(10)15/h2,4,7H,3H2,1H3,(H2,10,15)(H,16,17)(H2,11,13,18). The summed E-state index contributed by atoms with van der Waals surface area (Å²) in [5, 5.41) is 17.1. The summed E-state index contributed by atoms with van der Waals surface area (Å²) in [4.78, 5) is 32.8. The smallest absolute Gasteiger partial charge is 0.331 e. The summed E-state index contributed by atoms with van der Waals surface area (Å²) in [6, 6.07) is -2.04. The van der Waals surface area contributed by atoms with Crippen LogP contribution < -0.4 is 16.4 Å². The quantitative estimate of drug-likeness (QED) is 0.498. The predicted molar refractivity (Wildman–Crippen MR) is 59.3 cm³/mol. The van der Waals surface area contributed by atoms with Gasteiger partial charge in [-0.25, -0.2) is 9.59 Å². The number of amides is 3. The SMILES string of the molecule is Cn1cc(C(NC(=O)NCC(N)=O)C(=O)O)cn1. The van der Waals surface area contributed by atoms with Crippen molar-refractivity contribution in [1.82, 2.24) is 20.4 Å². The van der Waals surface area contributed by atoms with Gasteiger partial charge in [-0.3, -0.25) is 9.48 Å². The van der Waals surface area contributed by atoms with Crippen LogP contribution in [0.15, 0.2) is 12.4 Å². The lowest BCUT2D eigenvalue weighted by molar-refractivity contribution is -0.139. The van der Waals surface area contributed by atoms with E-state index in [-0.39, 0.29) is 6.54 Å². The number of carboxylic acids is 1. The van der Waals surface area contributed by atoms with Crippen molar-refractivity contribution in [2.45, 2.75) is 6.04 Å². The van der Waals surface area contributed by atoms with Gasteiger partial charge in [0.15, 0.2) is 6.04 Å². The number of aryl methyl sites for hydroxylation is 1. The Morgan fingerprint density at radius 2 is 2.22 bits per heavy atom. The average Bonchev–Trinajstić information content (AvgIpc) is 2.69. The third kappa shape index (κ3) is 3.77. The maximum Gasteiger partial charge on any atom is 0.331 e. The fourth-order valence-electron chi connectivity index (χ4n) is 1.23. The number of nitrogens with two attached hydrogens (primary N) is 1. The first kappa shape index (κ1) is 13.5. The van der Waals surface area contributed by atoms with E-state index in [2.05, 4.69) is 15.7 Å². The van der Waals surface area contributed by atoms with Gasteiger partial charge in [-0.1, -0.05) is 0 Å². The summed E-state index contributed by atoms with van der Waals surface area (Å²) >= 11 is 0. The topological polar surface area (TPSA) is 139 Å². The summed E-state index contributed by atoms with van der Waals surface area (Å²) in [6.07, 6.45) is 2.79. The van der Waals surface area contributed by atoms with E-state index in [1.807, 2.05) is 0 Å². The van der Waals surface area contributed by atoms with Gasteiger partial charge < -0.3 is 21.5 Å². The molecule has 0 aliphatic heterocycles. The summed E-state index contributed by atoms with van der Waals surface area (Å²) in [5.41, 5.74) is 5.15. The molecule has 0 aliphatic carbocycles. The second-order valence-electron chi connectivity index (χ2n) is 3.51. The molecule has 0 radical (unpaired) electrons. The number of nitrogens with one attached hydrogen (secondary N) is 2. The molecular weight excluding hydrogens is 242 g/mol. The molecule has 5 N–H and O–H groups in total.